The molecule has 0 aliphatic carbocycles. The second-order valence-corrected chi connectivity index (χ2v) is 3.48. The van der Waals surface area contributed by atoms with Crippen LogP contribution in [0.1, 0.15) is 17.3 Å². The van der Waals surface area contributed by atoms with E-state index in [0.29, 0.717) is 5.56 Å². The first-order valence-corrected chi connectivity index (χ1v) is 5.33. The highest BCUT2D eigenvalue weighted by Gasteiger charge is 2.20. The molecule has 0 unspecified atom stereocenters. The van der Waals surface area contributed by atoms with Gasteiger partial charge in [-0.05, 0) is 19.1 Å². The van der Waals surface area contributed by atoms with Gasteiger partial charge in [0.2, 0.25) is 0 Å². The summed E-state index contributed by atoms with van der Waals surface area (Å²) in [6.45, 7) is 1.39. The molecule has 0 aliphatic rings. The van der Waals surface area contributed by atoms with Gasteiger partial charge in [-0.2, -0.15) is 0 Å². The summed E-state index contributed by atoms with van der Waals surface area (Å²) < 4.78 is 4.91. The van der Waals surface area contributed by atoms with Crippen LogP contribution in [0.3, 0.4) is 0 Å². The van der Waals surface area contributed by atoms with E-state index >= 15 is 0 Å². The van der Waals surface area contributed by atoms with Crippen LogP contribution in [0.15, 0.2) is 30.3 Å². The Labute approximate surface area is 104 Å². The molecule has 6 heteroatoms. The Morgan fingerprint density at radius 3 is 2.33 bits per heavy atom. The van der Waals surface area contributed by atoms with Crippen molar-refractivity contribution in [1.29, 1.82) is 0 Å². The fourth-order valence-electron chi connectivity index (χ4n) is 1.13. The highest BCUT2D eigenvalue weighted by molar-refractivity contribution is 5.98. The van der Waals surface area contributed by atoms with Crippen LogP contribution in [-0.2, 0) is 9.53 Å². The van der Waals surface area contributed by atoms with Crippen molar-refractivity contribution in [3.63, 3.8) is 0 Å². The van der Waals surface area contributed by atoms with Gasteiger partial charge in [0.1, 0.15) is 0 Å². The molecule has 0 fully saturated rings. The van der Waals surface area contributed by atoms with Crippen molar-refractivity contribution >= 4 is 17.9 Å². The van der Waals surface area contributed by atoms with Gasteiger partial charge in [-0.3, -0.25) is 10.1 Å². The number of hydrogen-bond donors (Lipinski definition) is 2. The lowest BCUT2D eigenvalue weighted by molar-refractivity contribution is -0.127. The molecule has 18 heavy (non-hydrogen) atoms. The lowest BCUT2D eigenvalue weighted by Crippen LogP contribution is -2.43. The Bertz CT molecular complexity index is 445. The van der Waals surface area contributed by atoms with Gasteiger partial charge in [-0.15, -0.1) is 0 Å². The predicted molar refractivity (Wildman–Crippen MR) is 63.9 cm³/mol. The van der Waals surface area contributed by atoms with Crippen LogP contribution < -0.4 is 10.6 Å². The molecule has 3 amide bonds. The zero-order valence-corrected chi connectivity index (χ0v) is 10.1. The van der Waals surface area contributed by atoms with Crippen LogP contribution in [0.25, 0.3) is 0 Å². The fourth-order valence-corrected chi connectivity index (χ4v) is 1.13. The van der Waals surface area contributed by atoms with Crippen LogP contribution >= 0.6 is 0 Å². The summed E-state index contributed by atoms with van der Waals surface area (Å²) in [5.41, 5.74) is 0.345. The maximum Gasteiger partial charge on any atom is 0.338 e. The Morgan fingerprint density at radius 1 is 1.17 bits per heavy atom. The molecule has 0 heterocycles. The number of benzene rings is 1. The van der Waals surface area contributed by atoms with E-state index in [1.807, 2.05) is 5.32 Å². The van der Waals surface area contributed by atoms with Crippen LogP contribution in [0, 0.1) is 0 Å². The van der Waals surface area contributed by atoms with Crippen LogP contribution in [0.2, 0.25) is 0 Å². The zero-order valence-electron chi connectivity index (χ0n) is 10.1. The Kier molecular flexibility index (Phi) is 4.86. The molecular formula is C12H14N2O4. The average Bonchev–Trinajstić information content (AvgIpc) is 2.39. The Hall–Kier alpha value is -2.37. The summed E-state index contributed by atoms with van der Waals surface area (Å²) >= 11 is 0. The highest BCUT2D eigenvalue weighted by Crippen LogP contribution is 2.03. The monoisotopic (exact) mass is 250 g/mol. The molecular weight excluding hydrogens is 236 g/mol. The largest absolute Gasteiger partial charge is 0.449 e. The second-order valence-electron chi connectivity index (χ2n) is 3.48. The number of ether oxygens (including phenoxy) is 1. The highest BCUT2D eigenvalue weighted by atomic mass is 16.5. The van der Waals surface area contributed by atoms with Crippen molar-refractivity contribution in [2.75, 3.05) is 7.05 Å². The summed E-state index contributed by atoms with van der Waals surface area (Å²) in [4.78, 5) is 33.9. The molecule has 1 aromatic carbocycles. The average molecular weight is 250 g/mol. The van der Waals surface area contributed by atoms with E-state index in [-0.39, 0.29) is 0 Å². The maximum atomic E-state index is 11.6. The third-order valence-corrected chi connectivity index (χ3v) is 2.13. The number of imide groups is 1. The normalized spacial score (nSPS) is 11.2. The van der Waals surface area contributed by atoms with Gasteiger partial charge in [0.25, 0.3) is 5.91 Å². The number of esters is 1. The number of nitrogens with one attached hydrogen (secondary N) is 2. The van der Waals surface area contributed by atoms with E-state index in [4.69, 9.17) is 4.74 Å². The van der Waals surface area contributed by atoms with Crippen molar-refractivity contribution in [3.05, 3.63) is 35.9 Å². The first-order valence-electron chi connectivity index (χ1n) is 5.33. The van der Waals surface area contributed by atoms with E-state index in [0.717, 1.165) is 0 Å². The minimum atomic E-state index is -1.05. The lowest BCUT2D eigenvalue weighted by Gasteiger charge is -2.12. The van der Waals surface area contributed by atoms with E-state index in [2.05, 4.69) is 5.32 Å². The van der Waals surface area contributed by atoms with Gasteiger partial charge in [-0.1, -0.05) is 18.2 Å². The van der Waals surface area contributed by atoms with Gasteiger partial charge in [0.15, 0.2) is 6.10 Å². The molecule has 1 rings (SSSR count). The Balaban J connectivity index is 2.55. The van der Waals surface area contributed by atoms with Gasteiger partial charge in [0.05, 0.1) is 5.56 Å². The molecule has 0 aromatic heterocycles. The second kappa shape index (κ2) is 6.39. The topological polar surface area (TPSA) is 84.5 Å². The predicted octanol–water partition coefficient (Wildman–Crippen LogP) is 0.687. The third-order valence-electron chi connectivity index (χ3n) is 2.13. The van der Waals surface area contributed by atoms with Crippen molar-refractivity contribution < 1.29 is 19.1 Å². The first kappa shape index (κ1) is 13.7. The van der Waals surface area contributed by atoms with Crippen LogP contribution in [0.5, 0.6) is 0 Å². The molecule has 0 saturated heterocycles. The quantitative estimate of drug-likeness (QED) is 0.773. The molecule has 6 nitrogen and oxygen atoms in total. The van der Waals surface area contributed by atoms with Crippen molar-refractivity contribution in [2.24, 2.45) is 0 Å². The SMILES string of the molecule is CNC(=O)NC(=O)[C@@H](C)OC(=O)c1ccccc1. The van der Waals surface area contributed by atoms with E-state index in [1.54, 1.807) is 30.3 Å². The van der Waals surface area contributed by atoms with E-state index in [1.165, 1.54) is 14.0 Å². The molecule has 0 radical (unpaired) electrons. The van der Waals surface area contributed by atoms with Crippen molar-refractivity contribution in [2.45, 2.75) is 13.0 Å². The summed E-state index contributed by atoms with van der Waals surface area (Å²) in [5.74, 6) is -1.30. The Morgan fingerprint density at radius 2 is 1.78 bits per heavy atom. The lowest BCUT2D eigenvalue weighted by atomic mass is 10.2. The van der Waals surface area contributed by atoms with E-state index < -0.39 is 24.0 Å². The maximum absolute atomic E-state index is 11.6. The minimum absolute atomic E-state index is 0.345. The molecule has 0 spiro atoms. The summed E-state index contributed by atoms with van der Waals surface area (Å²) in [6.07, 6.45) is -1.05. The smallest absolute Gasteiger partial charge is 0.338 e. The fraction of sp³-hybridized carbons (Fsp3) is 0.250. The number of carbonyl (C=O) groups excluding carboxylic acids is 3. The number of rotatable bonds is 3. The third kappa shape index (κ3) is 3.89. The van der Waals surface area contributed by atoms with Crippen LogP contribution in [-0.4, -0.2) is 31.1 Å². The summed E-state index contributed by atoms with van der Waals surface area (Å²) in [7, 11) is 1.38. The molecule has 1 aromatic rings. The first-order chi connectivity index (χ1) is 8.54. The van der Waals surface area contributed by atoms with Gasteiger partial charge < -0.3 is 10.1 Å². The molecule has 2 N–H and O–H groups in total. The van der Waals surface area contributed by atoms with Gasteiger partial charge in [-0.25, -0.2) is 9.59 Å². The molecule has 1 atom stereocenters. The zero-order chi connectivity index (χ0) is 13.5. The van der Waals surface area contributed by atoms with Crippen molar-refractivity contribution in [1.82, 2.24) is 10.6 Å². The summed E-state index contributed by atoms with van der Waals surface area (Å²) in [6, 6.07) is 7.63. The molecule has 0 aliphatic heterocycles. The minimum Gasteiger partial charge on any atom is -0.449 e. The standard InChI is InChI=1S/C12H14N2O4/c1-8(10(15)14-12(17)13-2)18-11(16)9-6-4-3-5-7-9/h3-8H,1-2H3,(H2,13,14,15,17)/t8-/m1/s1. The van der Waals surface area contributed by atoms with Crippen molar-refractivity contribution in [3.8, 4) is 0 Å². The molecule has 0 saturated carbocycles. The number of hydrogen-bond acceptors (Lipinski definition) is 4. The van der Waals surface area contributed by atoms with Crippen LogP contribution in [0.4, 0.5) is 4.79 Å². The molecule has 0 bridgehead atoms. The van der Waals surface area contributed by atoms with Gasteiger partial charge in [0, 0.05) is 7.05 Å². The molecule has 96 valence electrons. The number of carbonyl (C=O) groups is 3. The van der Waals surface area contributed by atoms with E-state index in [9.17, 15) is 14.4 Å². The number of urea groups is 1. The number of amides is 3. The summed E-state index contributed by atoms with van der Waals surface area (Å²) in [5, 5.41) is 4.24. The van der Waals surface area contributed by atoms with Gasteiger partial charge >= 0.3 is 12.0 Å².